The Hall–Kier alpha value is -2.57. The summed E-state index contributed by atoms with van der Waals surface area (Å²) in [6.45, 7) is 0. The molecular weight excluding hydrogens is 344 g/mol. The molecule has 0 radical (unpaired) electrons. The first kappa shape index (κ1) is 16.9. The maximum Gasteiger partial charge on any atom is 0.257 e. The lowest BCUT2D eigenvalue weighted by Crippen LogP contribution is -2.42. The number of thiol groups is 1. The second kappa shape index (κ2) is 7.35. The molecule has 0 spiro atoms. The van der Waals surface area contributed by atoms with Crippen molar-refractivity contribution in [1.29, 1.82) is 0 Å². The Labute approximate surface area is 157 Å². The van der Waals surface area contributed by atoms with E-state index in [0.29, 0.717) is 6.42 Å². The van der Waals surface area contributed by atoms with Crippen LogP contribution >= 0.6 is 12.6 Å². The van der Waals surface area contributed by atoms with Crippen LogP contribution in [0.15, 0.2) is 59.7 Å². The summed E-state index contributed by atoms with van der Waals surface area (Å²) in [6.07, 6.45) is 3.14. The van der Waals surface area contributed by atoms with Crippen LogP contribution in [0.5, 0.6) is 0 Å². The highest BCUT2D eigenvalue weighted by Crippen LogP contribution is 2.32. The lowest BCUT2D eigenvalue weighted by atomic mass is 10.0. The highest BCUT2D eigenvalue weighted by Gasteiger charge is 2.28. The van der Waals surface area contributed by atoms with E-state index in [0.717, 1.165) is 23.2 Å². The molecule has 26 heavy (non-hydrogen) atoms. The van der Waals surface area contributed by atoms with E-state index in [4.69, 9.17) is 0 Å². The number of carbonyl (C=O) groups excluding carboxylic acids is 1. The Bertz CT molecular complexity index is 951. The molecule has 3 N–H and O–H groups in total. The van der Waals surface area contributed by atoms with Gasteiger partial charge in [-0.25, -0.2) is 5.43 Å². The zero-order chi connectivity index (χ0) is 17.9. The minimum atomic E-state index is -0.343. The van der Waals surface area contributed by atoms with E-state index in [1.165, 1.54) is 10.9 Å². The van der Waals surface area contributed by atoms with Crippen molar-refractivity contribution in [3.8, 4) is 0 Å². The smallest absolute Gasteiger partial charge is 0.257 e. The van der Waals surface area contributed by atoms with Gasteiger partial charge in [0.1, 0.15) is 0 Å². The number of amides is 1. The van der Waals surface area contributed by atoms with Crippen molar-refractivity contribution < 1.29 is 4.79 Å². The Morgan fingerprint density at radius 1 is 1.15 bits per heavy atom. The van der Waals surface area contributed by atoms with Crippen LogP contribution in [0.4, 0.5) is 0 Å². The van der Waals surface area contributed by atoms with E-state index in [2.05, 4.69) is 45.6 Å². The minimum Gasteiger partial charge on any atom is -0.356 e. The SMILES string of the molecule is O=C(N/N=C/c1ccccc1)[C@@H]1CCc2c([nH]c3ccccc23)[C@H](S)N1. The predicted octanol–water partition coefficient (Wildman–Crippen LogP) is 3.15. The number of para-hydroxylation sites is 1. The Kier molecular flexibility index (Phi) is 4.77. The summed E-state index contributed by atoms with van der Waals surface area (Å²) in [5, 5.41) is 8.33. The Morgan fingerprint density at radius 3 is 2.77 bits per heavy atom. The third kappa shape index (κ3) is 3.38. The monoisotopic (exact) mass is 364 g/mol. The molecule has 5 nitrogen and oxygen atoms in total. The zero-order valence-corrected chi connectivity index (χ0v) is 15.0. The first-order chi connectivity index (χ1) is 12.7. The molecule has 4 rings (SSSR count). The molecule has 0 unspecified atom stereocenters. The van der Waals surface area contributed by atoms with Crippen LogP contribution < -0.4 is 10.7 Å². The van der Waals surface area contributed by atoms with Gasteiger partial charge in [0.15, 0.2) is 0 Å². The quantitative estimate of drug-likeness (QED) is 0.328. The number of hydrazone groups is 1. The van der Waals surface area contributed by atoms with Crippen molar-refractivity contribution in [2.75, 3.05) is 0 Å². The summed E-state index contributed by atoms with van der Waals surface area (Å²) in [6, 6.07) is 17.5. The fourth-order valence-electron chi connectivity index (χ4n) is 3.36. The van der Waals surface area contributed by atoms with E-state index in [1.54, 1.807) is 6.21 Å². The van der Waals surface area contributed by atoms with Gasteiger partial charge < -0.3 is 4.98 Å². The van der Waals surface area contributed by atoms with Gasteiger partial charge in [0.25, 0.3) is 5.91 Å². The van der Waals surface area contributed by atoms with Gasteiger partial charge in [-0.2, -0.15) is 17.7 Å². The molecule has 2 atom stereocenters. The number of hydrogen-bond acceptors (Lipinski definition) is 4. The molecule has 132 valence electrons. The summed E-state index contributed by atoms with van der Waals surface area (Å²) in [5.41, 5.74) is 6.95. The number of aromatic nitrogens is 1. The Balaban J connectivity index is 1.46. The fourth-order valence-corrected chi connectivity index (χ4v) is 3.76. The third-order valence-electron chi connectivity index (χ3n) is 4.67. The number of nitrogens with one attached hydrogen (secondary N) is 3. The first-order valence-electron chi connectivity index (χ1n) is 8.64. The van der Waals surface area contributed by atoms with Gasteiger partial charge in [0, 0.05) is 16.6 Å². The number of H-pyrrole nitrogens is 1. The highest BCUT2D eigenvalue weighted by atomic mass is 32.1. The van der Waals surface area contributed by atoms with Crippen molar-refractivity contribution in [1.82, 2.24) is 15.7 Å². The molecule has 2 heterocycles. The number of carbonyl (C=O) groups is 1. The number of aryl methyl sites for hydroxylation is 1. The number of hydrogen-bond donors (Lipinski definition) is 4. The average Bonchev–Trinajstić information content (AvgIpc) is 2.96. The van der Waals surface area contributed by atoms with Gasteiger partial charge in [-0.3, -0.25) is 10.1 Å². The van der Waals surface area contributed by atoms with Crippen LogP contribution in [-0.2, 0) is 11.2 Å². The van der Waals surface area contributed by atoms with Crippen LogP contribution in [-0.4, -0.2) is 23.1 Å². The lowest BCUT2D eigenvalue weighted by Gasteiger charge is -2.17. The molecule has 6 heteroatoms. The molecule has 0 aliphatic carbocycles. The van der Waals surface area contributed by atoms with Crippen molar-refractivity contribution in [3.05, 3.63) is 71.4 Å². The molecule has 1 amide bonds. The largest absolute Gasteiger partial charge is 0.356 e. The van der Waals surface area contributed by atoms with Crippen molar-refractivity contribution in [3.63, 3.8) is 0 Å². The molecule has 0 fully saturated rings. The van der Waals surface area contributed by atoms with Crippen LogP contribution in [0.2, 0.25) is 0 Å². The zero-order valence-electron chi connectivity index (χ0n) is 14.1. The summed E-state index contributed by atoms with van der Waals surface area (Å²) in [5.74, 6) is -0.148. The molecular formula is C20H20N4OS. The van der Waals surface area contributed by atoms with E-state index >= 15 is 0 Å². The summed E-state index contributed by atoms with van der Waals surface area (Å²) < 4.78 is 0. The van der Waals surface area contributed by atoms with Gasteiger partial charge in [-0.1, -0.05) is 48.5 Å². The molecule has 0 saturated heterocycles. The first-order valence-corrected chi connectivity index (χ1v) is 9.15. The molecule has 2 aromatic carbocycles. The van der Waals surface area contributed by atoms with E-state index < -0.39 is 0 Å². The summed E-state index contributed by atoms with van der Waals surface area (Å²) >= 11 is 4.66. The summed E-state index contributed by atoms with van der Waals surface area (Å²) in [7, 11) is 0. The molecule has 1 aromatic heterocycles. The molecule has 3 aromatic rings. The second-order valence-electron chi connectivity index (χ2n) is 6.37. The fraction of sp³-hybridized carbons (Fsp3) is 0.200. The lowest BCUT2D eigenvalue weighted by molar-refractivity contribution is -0.123. The molecule has 0 bridgehead atoms. The average molecular weight is 364 g/mol. The molecule has 1 aliphatic heterocycles. The van der Waals surface area contributed by atoms with E-state index in [1.807, 2.05) is 42.5 Å². The van der Waals surface area contributed by atoms with Crippen molar-refractivity contribution in [2.45, 2.75) is 24.3 Å². The topological polar surface area (TPSA) is 69.3 Å². The number of aromatic amines is 1. The van der Waals surface area contributed by atoms with Gasteiger partial charge >= 0.3 is 0 Å². The number of benzene rings is 2. The Morgan fingerprint density at radius 2 is 1.92 bits per heavy atom. The summed E-state index contributed by atoms with van der Waals surface area (Å²) in [4.78, 5) is 15.9. The van der Waals surface area contributed by atoms with E-state index in [-0.39, 0.29) is 17.3 Å². The molecule has 1 aliphatic rings. The predicted molar refractivity (Wildman–Crippen MR) is 107 cm³/mol. The van der Waals surface area contributed by atoms with Crippen LogP contribution in [0.3, 0.4) is 0 Å². The third-order valence-corrected chi connectivity index (χ3v) is 5.07. The highest BCUT2D eigenvalue weighted by molar-refractivity contribution is 7.80. The van der Waals surface area contributed by atoms with Crippen LogP contribution in [0, 0.1) is 0 Å². The van der Waals surface area contributed by atoms with Crippen LogP contribution in [0.25, 0.3) is 10.9 Å². The second-order valence-corrected chi connectivity index (χ2v) is 6.88. The standard InChI is InChI=1S/C20H20N4OS/c25-19(24-21-12-13-6-2-1-3-7-13)17-11-10-15-14-8-4-5-9-16(14)22-18(15)20(26)23-17/h1-9,12,17,20,22-23,26H,10-11H2,(H,24,25)/b21-12+/t17-,20-/m0/s1. The normalized spacial score (nSPS) is 20.0. The van der Waals surface area contributed by atoms with Gasteiger partial charge in [-0.15, -0.1) is 0 Å². The number of nitrogens with zero attached hydrogens (tertiary/aromatic N) is 1. The van der Waals surface area contributed by atoms with Gasteiger partial charge in [0.05, 0.1) is 17.6 Å². The van der Waals surface area contributed by atoms with E-state index in [9.17, 15) is 4.79 Å². The maximum absolute atomic E-state index is 12.5. The minimum absolute atomic E-state index is 0.148. The van der Waals surface area contributed by atoms with Gasteiger partial charge in [-0.05, 0) is 30.0 Å². The van der Waals surface area contributed by atoms with Gasteiger partial charge in [0.2, 0.25) is 0 Å². The maximum atomic E-state index is 12.5. The number of rotatable bonds is 3. The van der Waals surface area contributed by atoms with Crippen molar-refractivity contribution >= 4 is 35.7 Å². The van der Waals surface area contributed by atoms with Crippen molar-refractivity contribution in [2.24, 2.45) is 5.10 Å². The number of fused-ring (bicyclic) bond motifs is 3. The molecule has 0 saturated carbocycles. The van der Waals surface area contributed by atoms with Crippen LogP contribution in [0.1, 0.15) is 28.6 Å².